The summed E-state index contributed by atoms with van der Waals surface area (Å²) >= 11 is 0. The number of hydrogen-bond acceptors (Lipinski definition) is 11. The Morgan fingerprint density at radius 1 is 1.24 bits per heavy atom. The van der Waals surface area contributed by atoms with Gasteiger partial charge in [0.05, 0.1) is 24.7 Å². The molecule has 14 heteroatoms. The number of carboxylic acids is 2. The third-order valence-electron chi connectivity index (χ3n) is 5.62. The maximum Gasteiger partial charge on any atom is 2.00 e. The summed E-state index contributed by atoms with van der Waals surface area (Å²) in [5, 5.41) is 27.1. The Bertz CT molecular complexity index is 1160. The molecular formula is C20H21CaN7O6. The Balaban J connectivity index is 0.00000324. The number of anilines is 4. The van der Waals surface area contributed by atoms with Gasteiger partial charge in [0.25, 0.3) is 11.5 Å². The normalized spacial score (nSPS) is 17.0. The fourth-order valence-electron chi connectivity index (χ4n) is 3.99. The SMILES string of the molecule is Nc1nc2c(c(=O)[nH]1)N1CN(c3ccc(C(=O)N[C@@H](CCC(=O)[O-])C(=O)[O-])cc3)C[C@@H]1CN2.[Ca+2]. The van der Waals surface area contributed by atoms with Crippen LogP contribution in [0.4, 0.5) is 23.1 Å². The summed E-state index contributed by atoms with van der Waals surface area (Å²) in [4.78, 5) is 57.2. The van der Waals surface area contributed by atoms with Crippen LogP contribution in [0.1, 0.15) is 23.2 Å². The summed E-state index contributed by atoms with van der Waals surface area (Å²) in [6, 6.07) is 5.07. The third kappa shape index (κ3) is 5.37. The molecule has 0 radical (unpaired) electrons. The molecule has 13 nitrogen and oxygen atoms in total. The van der Waals surface area contributed by atoms with Crippen LogP contribution in [0.15, 0.2) is 29.1 Å². The van der Waals surface area contributed by atoms with Crippen LogP contribution < -0.4 is 41.9 Å². The van der Waals surface area contributed by atoms with Crippen LogP contribution in [-0.4, -0.2) is 97.4 Å². The molecule has 2 aromatic rings. The van der Waals surface area contributed by atoms with Crippen molar-refractivity contribution in [2.24, 2.45) is 0 Å². The van der Waals surface area contributed by atoms with Gasteiger partial charge in [-0.15, -0.1) is 0 Å². The van der Waals surface area contributed by atoms with Crippen molar-refractivity contribution in [3.8, 4) is 0 Å². The largest absolute Gasteiger partial charge is 2.00 e. The molecule has 2 atom stereocenters. The number of aromatic amines is 1. The second-order valence-corrected chi connectivity index (χ2v) is 7.82. The summed E-state index contributed by atoms with van der Waals surface area (Å²) in [5.41, 5.74) is 6.72. The van der Waals surface area contributed by atoms with Gasteiger partial charge in [-0.2, -0.15) is 4.98 Å². The van der Waals surface area contributed by atoms with E-state index in [-0.39, 0.29) is 67.3 Å². The minimum atomic E-state index is -1.57. The molecule has 1 amide bonds. The number of nitrogens with two attached hydrogens (primary N) is 1. The maximum atomic E-state index is 12.4. The van der Waals surface area contributed by atoms with Gasteiger partial charge in [0.1, 0.15) is 5.69 Å². The number of amides is 1. The van der Waals surface area contributed by atoms with E-state index in [1.807, 2.05) is 9.80 Å². The summed E-state index contributed by atoms with van der Waals surface area (Å²) in [6.07, 6.45) is -0.859. The molecule has 174 valence electrons. The molecule has 4 rings (SSSR count). The number of aromatic nitrogens is 2. The zero-order chi connectivity index (χ0) is 23.7. The van der Waals surface area contributed by atoms with Crippen molar-refractivity contribution >= 4 is 78.7 Å². The van der Waals surface area contributed by atoms with Gasteiger partial charge < -0.3 is 46.0 Å². The van der Waals surface area contributed by atoms with E-state index in [9.17, 15) is 29.4 Å². The Kier molecular flexibility index (Phi) is 7.89. The topological polar surface area (TPSA) is 200 Å². The van der Waals surface area contributed by atoms with E-state index in [1.165, 1.54) is 12.1 Å². The second kappa shape index (κ2) is 10.5. The van der Waals surface area contributed by atoms with Crippen LogP contribution in [0.3, 0.4) is 0 Å². The molecule has 1 saturated heterocycles. The van der Waals surface area contributed by atoms with Crippen LogP contribution in [0, 0.1) is 0 Å². The van der Waals surface area contributed by atoms with E-state index in [4.69, 9.17) is 5.73 Å². The van der Waals surface area contributed by atoms with E-state index >= 15 is 0 Å². The molecule has 0 unspecified atom stereocenters. The molecule has 3 heterocycles. The van der Waals surface area contributed by atoms with E-state index in [2.05, 4.69) is 20.6 Å². The molecule has 1 fully saturated rings. The van der Waals surface area contributed by atoms with Crippen LogP contribution >= 0.6 is 0 Å². The predicted molar refractivity (Wildman–Crippen MR) is 119 cm³/mol. The van der Waals surface area contributed by atoms with Crippen molar-refractivity contribution in [2.75, 3.05) is 40.6 Å². The molecule has 34 heavy (non-hydrogen) atoms. The molecule has 1 aromatic carbocycles. The number of carboxylic acid groups (broad SMARTS) is 2. The molecule has 0 aliphatic carbocycles. The second-order valence-electron chi connectivity index (χ2n) is 7.82. The van der Waals surface area contributed by atoms with Gasteiger partial charge in [0.2, 0.25) is 5.95 Å². The Labute approximate surface area is 223 Å². The van der Waals surface area contributed by atoms with Crippen LogP contribution in [0.25, 0.3) is 0 Å². The van der Waals surface area contributed by atoms with Gasteiger partial charge in [-0.25, -0.2) is 0 Å². The zero-order valence-electron chi connectivity index (χ0n) is 18.1. The number of aliphatic carboxylic acids is 2. The van der Waals surface area contributed by atoms with Gasteiger partial charge >= 0.3 is 37.7 Å². The van der Waals surface area contributed by atoms with Crippen molar-refractivity contribution in [1.29, 1.82) is 0 Å². The first kappa shape index (κ1) is 25.6. The number of nitrogens with zero attached hydrogens (tertiary/aromatic N) is 3. The number of nitrogens with one attached hydrogen (secondary N) is 3. The number of benzene rings is 1. The van der Waals surface area contributed by atoms with Crippen molar-refractivity contribution in [2.45, 2.75) is 24.9 Å². The number of rotatable bonds is 7. The molecular weight excluding hydrogens is 474 g/mol. The first-order valence-electron chi connectivity index (χ1n) is 10.2. The smallest absolute Gasteiger partial charge is 0.550 e. The Morgan fingerprint density at radius 2 is 1.94 bits per heavy atom. The van der Waals surface area contributed by atoms with Crippen molar-refractivity contribution < 1.29 is 24.6 Å². The van der Waals surface area contributed by atoms with E-state index in [1.54, 1.807) is 12.1 Å². The Morgan fingerprint density at radius 3 is 2.59 bits per heavy atom. The van der Waals surface area contributed by atoms with Crippen molar-refractivity contribution in [3.05, 3.63) is 40.2 Å². The molecule has 2 aliphatic rings. The molecule has 0 spiro atoms. The van der Waals surface area contributed by atoms with Crippen LogP contribution in [-0.2, 0) is 9.59 Å². The minimum absolute atomic E-state index is 0. The molecule has 0 saturated carbocycles. The number of fused-ring (bicyclic) bond motifs is 3. The molecule has 0 bridgehead atoms. The van der Waals surface area contributed by atoms with Crippen molar-refractivity contribution in [1.82, 2.24) is 15.3 Å². The zero-order valence-corrected chi connectivity index (χ0v) is 20.3. The standard InChI is InChI=1S/C20H23N7O6.Ca/c21-20-24-16-15(18(31)25-20)27-9-26(8-12(27)7-22-16)11-3-1-10(2-4-11)17(30)23-13(19(32)33)5-6-14(28)29;/h1-4,12-13H,5-9H2,(H,23,30)(H,28,29)(H,32,33)(H4,21,22,24,25,31);/q;+2/p-2/t12-,13-;/m0./s1. The number of H-pyrrole nitrogens is 1. The average Bonchev–Trinajstić information content (AvgIpc) is 3.20. The van der Waals surface area contributed by atoms with Gasteiger partial charge in [-0.3, -0.25) is 14.6 Å². The van der Waals surface area contributed by atoms with Gasteiger partial charge in [-0.1, -0.05) is 0 Å². The predicted octanol–water partition coefficient (Wildman–Crippen LogP) is -3.57. The van der Waals surface area contributed by atoms with Gasteiger partial charge in [0.15, 0.2) is 5.82 Å². The van der Waals surface area contributed by atoms with E-state index in [0.29, 0.717) is 31.3 Å². The number of nitrogen functional groups attached to an aromatic ring is 1. The van der Waals surface area contributed by atoms with Gasteiger partial charge in [0, 0.05) is 30.3 Å². The first-order valence-corrected chi connectivity index (χ1v) is 10.2. The average molecular weight is 496 g/mol. The van der Waals surface area contributed by atoms with Crippen LogP contribution in [0.2, 0.25) is 0 Å². The Hall–Kier alpha value is -3.03. The summed E-state index contributed by atoms with van der Waals surface area (Å²) in [5.74, 6) is -3.19. The number of carbonyl (C=O) groups is 3. The first-order chi connectivity index (χ1) is 15.7. The quantitative estimate of drug-likeness (QED) is 0.277. The summed E-state index contributed by atoms with van der Waals surface area (Å²) in [6.45, 7) is 1.63. The maximum absolute atomic E-state index is 12.4. The molecule has 1 aromatic heterocycles. The number of carbonyl (C=O) groups excluding carboxylic acids is 3. The summed E-state index contributed by atoms with van der Waals surface area (Å²) < 4.78 is 0. The van der Waals surface area contributed by atoms with Crippen LogP contribution in [0.5, 0.6) is 0 Å². The fraction of sp³-hybridized carbons (Fsp3) is 0.350. The third-order valence-corrected chi connectivity index (χ3v) is 5.62. The van der Waals surface area contributed by atoms with E-state index in [0.717, 1.165) is 5.69 Å². The monoisotopic (exact) mass is 495 g/mol. The van der Waals surface area contributed by atoms with Crippen molar-refractivity contribution in [3.63, 3.8) is 0 Å². The fourth-order valence-corrected chi connectivity index (χ4v) is 3.99. The number of hydrogen-bond donors (Lipinski definition) is 4. The molecule has 5 N–H and O–H groups in total. The molecule has 2 aliphatic heterocycles. The van der Waals surface area contributed by atoms with E-state index < -0.39 is 30.3 Å². The minimum Gasteiger partial charge on any atom is -0.550 e. The van der Waals surface area contributed by atoms with Gasteiger partial charge in [-0.05, 0) is 37.1 Å². The summed E-state index contributed by atoms with van der Waals surface area (Å²) in [7, 11) is 0.